The topological polar surface area (TPSA) is 38.3 Å². The van der Waals surface area contributed by atoms with Crippen LogP contribution in [0.4, 0.5) is 0 Å². The minimum Gasteiger partial charge on any atom is -0.360 e. The fourth-order valence-corrected chi connectivity index (χ4v) is 3.84. The largest absolute Gasteiger partial charge is 0.360 e. The van der Waals surface area contributed by atoms with Crippen molar-refractivity contribution in [1.29, 1.82) is 0 Å². The Kier molecular flexibility index (Phi) is 4.85. The van der Waals surface area contributed by atoms with E-state index in [4.69, 9.17) is 4.74 Å². The third-order valence-corrected chi connectivity index (χ3v) is 5.26. The van der Waals surface area contributed by atoms with Gasteiger partial charge < -0.3 is 4.74 Å². The molecule has 0 amide bonds. The number of Topliss-reactive ketones (excluding diaryl/α,β-unsaturated/α-hetero) is 1. The van der Waals surface area contributed by atoms with Crippen LogP contribution < -0.4 is 5.32 Å². The number of methoxy groups -OCH3 is 1. The zero-order chi connectivity index (χ0) is 16.3. The zero-order valence-electron chi connectivity index (χ0n) is 13.5. The Labute approximate surface area is 141 Å². The van der Waals surface area contributed by atoms with Crippen molar-refractivity contribution in [2.45, 2.75) is 35.3 Å². The van der Waals surface area contributed by atoms with Gasteiger partial charge in [0.2, 0.25) is 0 Å². The fraction of sp³-hybridized carbons (Fsp3) is 0.316. The summed E-state index contributed by atoms with van der Waals surface area (Å²) in [7, 11) is 1.76. The second-order valence-electron chi connectivity index (χ2n) is 5.77. The van der Waals surface area contributed by atoms with E-state index in [2.05, 4.69) is 29.6 Å². The van der Waals surface area contributed by atoms with Crippen LogP contribution in [0.15, 0.2) is 58.3 Å². The van der Waals surface area contributed by atoms with Gasteiger partial charge in [0.05, 0.1) is 0 Å². The molecule has 1 atom stereocenters. The number of hydrogen-bond donors (Lipinski definition) is 1. The molecule has 2 aromatic carbocycles. The van der Waals surface area contributed by atoms with E-state index in [0.717, 1.165) is 29.8 Å². The molecule has 3 rings (SSSR count). The van der Waals surface area contributed by atoms with Crippen molar-refractivity contribution in [1.82, 2.24) is 5.32 Å². The molecule has 4 heteroatoms. The lowest BCUT2D eigenvalue weighted by Crippen LogP contribution is -2.38. The van der Waals surface area contributed by atoms with Crippen LogP contribution in [-0.4, -0.2) is 19.4 Å². The fourth-order valence-electron chi connectivity index (χ4n) is 2.96. The number of rotatable bonds is 5. The molecule has 3 nitrogen and oxygen atoms in total. The molecule has 0 aromatic heterocycles. The molecular weight excluding hydrogens is 306 g/mol. The Hall–Kier alpha value is -1.62. The van der Waals surface area contributed by atoms with Gasteiger partial charge in [0.15, 0.2) is 5.78 Å². The molecule has 2 aromatic rings. The zero-order valence-corrected chi connectivity index (χ0v) is 14.3. The van der Waals surface area contributed by atoms with E-state index in [1.54, 1.807) is 25.8 Å². The molecule has 1 aliphatic rings. The maximum Gasteiger partial charge on any atom is 0.159 e. The SMILES string of the molecule is COC1(c2cccc(Sc3ccc(C(C)=O)cc3)c2)CCCN1. The smallest absolute Gasteiger partial charge is 0.159 e. The third-order valence-electron chi connectivity index (χ3n) is 4.26. The first kappa shape index (κ1) is 16.2. The highest BCUT2D eigenvalue weighted by molar-refractivity contribution is 7.99. The van der Waals surface area contributed by atoms with Crippen LogP contribution in [0.2, 0.25) is 0 Å². The summed E-state index contributed by atoms with van der Waals surface area (Å²) in [6, 6.07) is 16.2. The van der Waals surface area contributed by atoms with Gasteiger partial charge in [-0.15, -0.1) is 0 Å². The number of benzene rings is 2. The average Bonchev–Trinajstić information content (AvgIpc) is 3.06. The third kappa shape index (κ3) is 3.50. The Morgan fingerprint density at radius 2 is 1.96 bits per heavy atom. The minimum atomic E-state index is -0.352. The van der Waals surface area contributed by atoms with Crippen LogP contribution in [0.25, 0.3) is 0 Å². The van der Waals surface area contributed by atoms with Crippen LogP contribution in [-0.2, 0) is 10.5 Å². The number of carbonyl (C=O) groups excluding carboxylic acids is 1. The van der Waals surface area contributed by atoms with Crippen LogP contribution in [0.1, 0.15) is 35.7 Å². The second-order valence-corrected chi connectivity index (χ2v) is 6.92. The van der Waals surface area contributed by atoms with Gasteiger partial charge >= 0.3 is 0 Å². The van der Waals surface area contributed by atoms with E-state index in [0.29, 0.717) is 0 Å². The average molecular weight is 327 g/mol. The van der Waals surface area contributed by atoms with Crippen molar-refractivity contribution in [2.24, 2.45) is 0 Å². The lowest BCUT2D eigenvalue weighted by Gasteiger charge is -2.28. The maximum atomic E-state index is 11.3. The lowest BCUT2D eigenvalue weighted by atomic mass is 10.0. The van der Waals surface area contributed by atoms with Crippen molar-refractivity contribution in [3.8, 4) is 0 Å². The van der Waals surface area contributed by atoms with Crippen LogP contribution >= 0.6 is 11.8 Å². The number of ketones is 1. The van der Waals surface area contributed by atoms with Crippen LogP contribution in [0.5, 0.6) is 0 Å². The van der Waals surface area contributed by atoms with Crippen molar-refractivity contribution in [2.75, 3.05) is 13.7 Å². The van der Waals surface area contributed by atoms with Gasteiger partial charge in [0.1, 0.15) is 5.72 Å². The molecule has 0 spiro atoms. The molecule has 0 bridgehead atoms. The van der Waals surface area contributed by atoms with Crippen molar-refractivity contribution >= 4 is 17.5 Å². The molecule has 1 N–H and O–H groups in total. The lowest BCUT2D eigenvalue weighted by molar-refractivity contribution is -0.0288. The molecule has 1 heterocycles. The predicted octanol–water partition coefficient (Wildman–Crippen LogP) is 4.22. The quantitative estimate of drug-likeness (QED) is 0.834. The Bertz CT molecular complexity index is 691. The molecule has 1 unspecified atom stereocenters. The van der Waals surface area contributed by atoms with Gasteiger partial charge in [-0.1, -0.05) is 36.0 Å². The molecule has 0 radical (unpaired) electrons. The summed E-state index contributed by atoms with van der Waals surface area (Å²) in [4.78, 5) is 13.6. The monoisotopic (exact) mass is 327 g/mol. The Morgan fingerprint density at radius 3 is 2.57 bits per heavy atom. The second kappa shape index (κ2) is 6.87. The number of carbonyl (C=O) groups is 1. The summed E-state index contributed by atoms with van der Waals surface area (Å²) in [6.07, 6.45) is 2.11. The molecule has 23 heavy (non-hydrogen) atoms. The van der Waals surface area contributed by atoms with E-state index >= 15 is 0 Å². The van der Waals surface area contributed by atoms with Crippen molar-refractivity contribution in [3.05, 3.63) is 59.7 Å². The number of nitrogens with one attached hydrogen (secondary N) is 1. The van der Waals surface area contributed by atoms with Gasteiger partial charge in [-0.05, 0) is 56.1 Å². The molecule has 120 valence electrons. The summed E-state index contributed by atoms with van der Waals surface area (Å²) in [5.74, 6) is 0.0953. The van der Waals surface area contributed by atoms with Crippen LogP contribution in [0.3, 0.4) is 0 Å². The number of ether oxygens (including phenoxy) is 1. The van der Waals surface area contributed by atoms with Crippen molar-refractivity contribution < 1.29 is 9.53 Å². The van der Waals surface area contributed by atoms with Gasteiger partial charge in [-0.3, -0.25) is 10.1 Å². The first-order valence-electron chi connectivity index (χ1n) is 7.82. The molecule has 0 aliphatic carbocycles. The molecule has 0 saturated carbocycles. The highest BCUT2D eigenvalue weighted by Gasteiger charge is 2.35. The highest BCUT2D eigenvalue weighted by Crippen LogP contribution is 2.35. The summed E-state index contributed by atoms with van der Waals surface area (Å²) in [5.41, 5.74) is 1.56. The van der Waals surface area contributed by atoms with E-state index in [9.17, 15) is 4.79 Å². The van der Waals surface area contributed by atoms with Crippen molar-refractivity contribution in [3.63, 3.8) is 0 Å². The minimum absolute atomic E-state index is 0.0953. The summed E-state index contributed by atoms with van der Waals surface area (Å²) in [5, 5.41) is 3.48. The first-order chi connectivity index (χ1) is 11.1. The van der Waals surface area contributed by atoms with E-state index in [1.807, 2.05) is 24.3 Å². The Balaban J connectivity index is 1.81. The van der Waals surface area contributed by atoms with Gasteiger partial charge in [0.25, 0.3) is 0 Å². The highest BCUT2D eigenvalue weighted by atomic mass is 32.2. The Morgan fingerprint density at radius 1 is 1.17 bits per heavy atom. The molecule has 1 saturated heterocycles. The van der Waals surface area contributed by atoms with Gasteiger partial charge in [0, 0.05) is 22.5 Å². The summed E-state index contributed by atoms with van der Waals surface area (Å²) in [6.45, 7) is 2.57. The first-order valence-corrected chi connectivity index (χ1v) is 8.64. The maximum absolute atomic E-state index is 11.3. The van der Waals surface area contributed by atoms with Crippen LogP contribution in [0, 0.1) is 0 Å². The standard InChI is InChI=1S/C19H21NO2S/c1-14(21)15-7-9-17(10-8-15)23-18-6-3-5-16(13-18)19(22-2)11-4-12-20-19/h3,5-10,13,20H,4,11-12H2,1-2H3. The molecule has 1 aliphatic heterocycles. The molecular formula is C19H21NO2S. The van der Waals surface area contributed by atoms with E-state index < -0.39 is 0 Å². The predicted molar refractivity (Wildman–Crippen MR) is 92.9 cm³/mol. The molecule has 1 fully saturated rings. The normalized spacial score (nSPS) is 20.6. The van der Waals surface area contributed by atoms with Gasteiger partial charge in [-0.25, -0.2) is 0 Å². The number of hydrogen-bond acceptors (Lipinski definition) is 4. The van der Waals surface area contributed by atoms with E-state index in [1.165, 1.54) is 10.5 Å². The summed E-state index contributed by atoms with van der Waals surface area (Å²) < 4.78 is 5.77. The van der Waals surface area contributed by atoms with Gasteiger partial charge in [-0.2, -0.15) is 0 Å². The summed E-state index contributed by atoms with van der Waals surface area (Å²) >= 11 is 1.70. The van der Waals surface area contributed by atoms with E-state index in [-0.39, 0.29) is 11.5 Å².